The van der Waals surface area contributed by atoms with Crippen molar-refractivity contribution >= 4 is 27.5 Å². The van der Waals surface area contributed by atoms with Crippen LogP contribution in [0.2, 0.25) is 0 Å². The lowest BCUT2D eigenvalue weighted by atomic mass is 10.1. The zero-order valence-electron chi connectivity index (χ0n) is 11.5. The molecule has 3 nitrogen and oxygen atoms in total. The Hall–Kier alpha value is -1.81. The third-order valence-corrected chi connectivity index (χ3v) is 3.63. The van der Waals surface area contributed by atoms with Crippen LogP contribution in [-0.2, 0) is 0 Å². The fourth-order valence-corrected chi connectivity index (χ4v) is 2.45. The van der Waals surface area contributed by atoms with Crippen molar-refractivity contribution in [3.8, 4) is 0 Å². The monoisotopic (exact) mass is 332 g/mol. The van der Waals surface area contributed by atoms with Gasteiger partial charge in [0.05, 0.1) is 11.6 Å². The molecule has 2 aromatic rings. The first-order valence-corrected chi connectivity index (χ1v) is 7.24. The van der Waals surface area contributed by atoms with Gasteiger partial charge in [0.15, 0.2) is 0 Å². The smallest absolute Gasteiger partial charge is 0.253 e. The number of nitrogens with one attached hydrogen (secondary N) is 2. The van der Waals surface area contributed by atoms with Crippen LogP contribution in [0, 0.1) is 0 Å². The van der Waals surface area contributed by atoms with E-state index in [9.17, 15) is 4.79 Å². The summed E-state index contributed by atoms with van der Waals surface area (Å²) < 4.78 is 1.01. The van der Waals surface area contributed by atoms with Crippen molar-refractivity contribution < 1.29 is 4.79 Å². The van der Waals surface area contributed by atoms with Gasteiger partial charge in [0.2, 0.25) is 0 Å². The molecule has 0 unspecified atom stereocenters. The molecule has 0 aromatic heterocycles. The zero-order chi connectivity index (χ0) is 14.5. The maximum absolute atomic E-state index is 12.3. The summed E-state index contributed by atoms with van der Waals surface area (Å²) >= 11 is 3.44. The minimum absolute atomic E-state index is 0.0510. The molecular weight excluding hydrogens is 316 g/mol. The Morgan fingerprint density at radius 3 is 2.60 bits per heavy atom. The van der Waals surface area contributed by atoms with Gasteiger partial charge in [-0.3, -0.25) is 4.79 Å². The van der Waals surface area contributed by atoms with Crippen molar-refractivity contribution in [2.75, 3.05) is 12.4 Å². The fourth-order valence-electron chi connectivity index (χ4n) is 2.03. The molecule has 1 amide bonds. The highest BCUT2D eigenvalue weighted by atomic mass is 79.9. The number of rotatable bonds is 4. The largest absolute Gasteiger partial charge is 0.387 e. The van der Waals surface area contributed by atoms with Crippen molar-refractivity contribution in [3.63, 3.8) is 0 Å². The van der Waals surface area contributed by atoms with Gasteiger partial charge in [-0.25, -0.2) is 0 Å². The summed E-state index contributed by atoms with van der Waals surface area (Å²) in [5, 5.41) is 6.04. The number of hydrogen-bond donors (Lipinski definition) is 2. The highest BCUT2D eigenvalue weighted by Gasteiger charge is 2.14. The van der Waals surface area contributed by atoms with E-state index >= 15 is 0 Å². The first kappa shape index (κ1) is 14.6. The van der Waals surface area contributed by atoms with Crippen LogP contribution in [0.1, 0.15) is 28.9 Å². The number of amides is 1. The Morgan fingerprint density at radius 2 is 1.90 bits per heavy atom. The van der Waals surface area contributed by atoms with Crippen LogP contribution < -0.4 is 10.6 Å². The second kappa shape index (κ2) is 6.57. The van der Waals surface area contributed by atoms with Gasteiger partial charge in [0, 0.05) is 17.2 Å². The van der Waals surface area contributed by atoms with Crippen LogP contribution in [-0.4, -0.2) is 13.0 Å². The Labute approximate surface area is 127 Å². The summed E-state index contributed by atoms with van der Waals surface area (Å²) in [5.74, 6) is -0.0811. The van der Waals surface area contributed by atoms with E-state index in [4.69, 9.17) is 0 Å². The van der Waals surface area contributed by atoms with Gasteiger partial charge in [-0.2, -0.15) is 0 Å². The Balaban J connectivity index is 2.15. The molecule has 4 heteroatoms. The van der Waals surface area contributed by atoms with Gasteiger partial charge in [0.25, 0.3) is 5.91 Å². The van der Waals surface area contributed by atoms with E-state index in [-0.39, 0.29) is 11.9 Å². The van der Waals surface area contributed by atoms with Crippen LogP contribution in [0.15, 0.2) is 53.0 Å². The zero-order valence-corrected chi connectivity index (χ0v) is 13.1. The lowest BCUT2D eigenvalue weighted by Gasteiger charge is -2.16. The average molecular weight is 333 g/mol. The molecule has 2 rings (SSSR count). The Morgan fingerprint density at radius 1 is 1.15 bits per heavy atom. The highest BCUT2D eigenvalue weighted by molar-refractivity contribution is 9.10. The van der Waals surface area contributed by atoms with Crippen molar-refractivity contribution in [1.82, 2.24) is 5.32 Å². The fraction of sp³-hybridized carbons (Fsp3) is 0.188. The van der Waals surface area contributed by atoms with E-state index < -0.39 is 0 Å². The molecule has 0 radical (unpaired) electrons. The van der Waals surface area contributed by atoms with E-state index in [0.29, 0.717) is 5.56 Å². The highest BCUT2D eigenvalue weighted by Crippen LogP contribution is 2.20. The summed E-state index contributed by atoms with van der Waals surface area (Å²) in [7, 11) is 1.81. The molecule has 1 atom stereocenters. The van der Waals surface area contributed by atoms with Crippen molar-refractivity contribution in [1.29, 1.82) is 0 Å². The van der Waals surface area contributed by atoms with Crippen LogP contribution >= 0.6 is 15.9 Å². The van der Waals surface area contributed by atoms with Crippen LogP contribution in [0.4, 0.5) is 5.69 Å². The van der Waals surface area contributed by atoms with Gasteiger partial charge < -0.3 is 10.6 Å². The summed E-state index contributed by atoms with van der Waals surface area (Å²) in [5.41, 5.74) is 2.54. The topological polar surface area (TPSA) is 41.1 Å². The molecule has 0 aliphatic heterocycles. The standard InChI is InChI=1S/C16H17BrN2O/c1-11(12-6-5-7-13(17)10-12)19-16(20)14-8-3-4-9-15(14)18-2/h3-11,18H,1-2H3,(H,19,20)/t11-/m0/s1. The summed E-state index contributed by atoms with van der Waals surface area (Å²) in [6, 6.07) is 15.4. The molecule has 0 aliphatic carbocycles. The Kier molecular flexibility index (Phi) is 4.79. The predicted molar refractivity (Wildman–Crippen MR) is 86.0 cm³/mol. The molecule has 0 fully saturated rings. The number of benzene rings is 2. The van der Waals surface area contributed by atoms with Gasteiger partial charge in [-0.15, -0.1) is 0 Å². The quantitative estimate of drug-likeness (QED) is 0.889. The maximum atomic E-state index is 12.3. The number of hydrogen-bond acceptors (Lipinski definition) is 2. The van der Waals surface area contributed by atoms with Crippen LogP contribution in [0.3, 0.4) is 0 Å². The minimum Gasteiger partial charge on any atom is -0.387 e. The van der Waals surface area contributed by atoms with Crippen molar-refractivity contribution in [3.05, 3.63) is 64.1 Å². The third-order valence-electron chi connectivity index (χ3n) is 3.14. The van der Waals surface area contributed by atoms with Crippen molar-refractivity contribution in [2.45, 2.75) is 13.0 Å². The molecule has 0 bridgehead atoms. The summed E-state index contributed by atoms with van der Waals surface area (Å²) in [6.07, 6.45) is 0. The molecular formula is C16H17BrN2O. The van der Waals surface area contributed by atoms with Gasteiger partial charge >= 0.3 is 0 Å². The van der Waals surface area contributed by atoms with Gasteiger partial charge in [0.1, 0.15) is 0 Å². The average Bonchev–Trinajstić information content (AvgIpc) is 2.47. The molecule has 2 aromatic carbocycles. The van der Waals surface area contributed by atoms with E-state index in [2.05, 4.69) is 26.6 Å². The van der Waals surface area contributed by atoms with E-state index in [1.807, 2.05) is 62.5 Å². The van der Waals surface area contributed by atoms with Crippen LogP contribution in [0.5, 0.6) is 0 Å². The second-order valence-corrected chi connectivity index (χ2v) is 5.46. The summed E-state index contributed by atoms with van der Waals surface area (Å²) in [4.78, 5) is 12.3. The first-order chi connectivity index (χ1) is 9.61. The number of para-hydroxylation sites is 1. The molecule has 0 aliphatic rings. The van der Waals surface area contributed by atoms with Crippen LogP contribution in [0.25, 0.3) is 0 Å². The third kappa shape index (κ3) is 3.39. The SMILES string of the molecule is CNc1ccccc1C(=O)N[C@@H](C)c1cccc(Br)c1. The maximum Gasteiger partial charge on any atom is 0.253 e. The predicted octanol–water partition coefficient (Wildman–Crippen LogP) is 3.98. The molecule has 20 heavy (non-hydrogen) atoms. The number of halogens is 1. The van der Waals surface area contributed by atoms with Gasteiger partial charge in [-0.05, 0) is 36.8 Å². The number of carbonyl (C=O) groups excluding carboxylic acids is 1. The molecule has 104 valence electrons. The molecule has 0 spiro atoms. The van der Waals surface area contributed by atoms with Crippen molar-refractivity contribution in [2.24, 2.45) is 0 Å². The lowest BCUT2D eigenvalue weighted by Crippen LogP contribution is -2.27. The Bertz CT molecular complexity index is 613. The molecule has 2 N–H and O–H groups in total. The number of anilines is 1. The molecule has 0 heterocycles. The lowest BCUT2D eigenvalue weighted by molar-refractivity contribution is 0.0940. The molecule has 0 saturated carbocycles. The second-order valence-electron chi connectivity index (χ2n) is 4.55. The normalized spacial score (nSPS) is 11.8. The van der Waals surface area contributed by atoms with E-state index in [0.717, 1.165) is 15.7 Å². The molecule has 0 saturated heterocycles. The minimum atomic E-state index is -0.0811. The van der Waals surface area contributed by atoms with E-state index in [1.165, 1.54) is 0 Å². The van der Waals surface area contributed by atoms with Gasteiger partial charge in [-0.1, -0.05) is 40.2 Å². The first-order valence-electron chi connectivity index (χ1n) is 6.45. The summed E-state index contributed by atoms with van der Waals surface area (Å²) in [6.45, 7) is 1.97. The van der Waals surface area contributed by atoms with E-state index in [1.54, 1.807) is 0 Å². The number of carbonyl (C=O) groups is 1.